The Morgan fingerprint density at radius 1 is 1.18 bits per heavy atom. The summed E-state index contributed by atoms with van der Waals surface area (Å²) in [7, 11) is 0. The summed E-state index contributed by atoms with van der Waals surface area (Å²) in [5.74, 6) is 0.820. The van der Waals surface area contributed by atoms with Crippen LogP contribution in [0.4, 0.5) is 0 Å². The van der Waals surface area contributed by atoms with Crippen LogP contribution in [0.25, 0.3) is 0 Å². The van der Waals surface area contributed by atoms with Gasteiger partial charge in [0, 0.05) is 29.5 Å². The van der Waals surface area contributed by atoms with Crippen molar-refractivity contribution in [3.63, 3.8) is 0 Å². The number of likely N-dealkylation sites (tertiary alicyclic amines) is 1. The summed E-state index contributed by atoms with van der Waals surface area (Å²) in [6, 6.07) is 10.7. The van der Waals surface area contributed by atoms with Gasteiger partial charge in [0.15, 0.2) is 0 Å². The van der Waals surface area contributed by atoms with E-state index in [9.17, 15) is 4.79 Å². The first-order chi connectivity index (χ1) is 10.7. The van der Waals surface area contributed by atoms with E-state index in [1.807, 2.05) is 17.0 Å². The molecule has 2 heterocycles. The topological polar surface area (TPSA) is 42.4 Å². The van der Waals surface area contributed by atoms with Gasteiger partial charge in [0.25, 0.3) is 5.91 Å². The molecule has 1 fully saturated rings. The molecule has 5 heteroatoms. The number of pyridine rings is 1. The normalized spacial score (nSPS) is 18.0. The minimum Gasteiger partial charge on any atom is -0.488 e. The fourth-order valence-corrected chi connectivity index (χ4v) is 2.73. The standard InChI is InChI=1S/C17H17ClN2O2/c18-14-5-3-13(4-6-14)17(21)20-11-1-2-16(12-20)22-15-7-9-19-10-8-15/h3-10,16H,1-2,11-12H2/t16-/m0/s1. The Bertz CT molecular complexity index is 631. The molecule has 0 radical (unpaired) electrons. The van der Waals surface area contributed by atoms with Gasteiger partial charge in [0.2, 0.25) is 0 Å². The second-order valence-electron chi connectivity index (χ2n) is 5.32. The highest BCUT2D eigenvalue weighted by molar-refractivity contribution is 6.30. The minimum atomic E-state index is 0.0207. The third kappa shape index (κ3) is 3.57. The fraction of sp³-hybridized carbons (Fsp3) is 0.294. The van der Waals surface area contributed by atoms with Crippen molar-refractivity contribution in [3.05, 3.63) is 59.4 Å². The van der Waals surface area contributed by atoms with Gasteiger partial charge in [-0.2, -0.15) is 0 Å². The number of aromatic nitrogens is 1. The van der Waals surface area contributed by atoms with Crippen LogP contribution in [-0.4, -0.2) is 35.0 Å². The zero-order chi connectivity index (χ0) is 15.4. The average Bonchev–Trinajstić information content (AvgIpc) is 2.56. The zero-order valence-corrected chi connectivity index (χ0v) is 12.9. The van der Waals surface area contributed by atoms with Gasteiger partial charge in [-0.15, -0.1) is 0 Å². The summed E-state index contributed by atoms with van der Waals surface area (Å²) in [4.78, 5) is 18.3. The molecule has 22 heavy (non-hydrogen) atoms. The molecular formula is C17H17ClN2O2. The summed E-state index contributed by atoms with van der Waals surface area (Å²) >= 11 is 5.87. The molecule has 0 unspecified atom stereocenters. The van der Waals surface area contributed by atoms with Crippen LogP contribution in [0.1, 0.15) is 23.2 Å². The van der Waals surface area contributed by atoms with Crippen molar-refractivity contribution in [2.75, 3.05) is 13.1 Å². The predicted octanol–water partition coefficient (Wildman–Crippen LogP) is 3.42. The van der Waals surface area contributed by atoms with Crippen LogP contribution in [0, 0.1) is 0 Å². The maximum atomic E-state index is 12.5. The molecule has 1 amide bonds. The average molecular weight is 317 g/mol. The van der Waals surface area contributed by atoms with E-state index in [2.05, 4.69) is 4.98 Å². The lowest BCUT2D eigenvalue weighted by atomic mass is 10.1. The number of rotatable bonds is 3. The Kier molecular flexibility index (Phi) is 4.59. The molecule has 0 N–H and O–H groups in total. The summed E-state index contributed by atoms with van der Waals surface area (Å²) in [5.41, 5.74) is 0.661. The molecule has 3 rings (SSSR count). The summed E-state index contributed by atoms with van der Waals surface area (Å²) in [6.45, 7) is 1.36. The Morgan fingerprint density at radius 3 is 2.64 bits per heavy atom. The van der Waals surface area contributed by atoms with Gasteiger partial charge in [-0.3, -0.25) is 9.78 Å². The van der Waals surface area contributed by atoms with E-state index in [-0.39, 0.29) is 12.0 Å². The second kappa shape index (κ2) is 6.79. The van der Waals surface area contributed by atoms with Gasteiger partial charge in [0.05, 0.1) is 6.54 Å². The van der Waals surface area contributed by atoms with E-state index >= 15 is 0 Å². The van der Waals surface area contributed by atoms with Gasteiger partial charge in [-0.25, -0.2) is 0 Å². The highest BCUT2D eigenvalue weighted by Gasteiger charge is 2.25. The number of benzene rings is 1. The van der Waals surface area contributed by atoms with E-state index in [1.165, 1.54) is 0 Å². The lowest BCUT2D eigenvalue weighted by Crippen LogP contribution is -2.44. The first-order valence-corrected chi connectivity index (χ1v) is 7.72. The Hall–Kier alpha value is -2.07. The van der Waals surface area contributed by atoms with Crippen LogP contribution >= 0.6 is 11.6 Å². The number of hydrogen-bond donors (Lipinski definition) is 0. The third-order valence-corrected chi connectivity index (χ3v) is 3.96. The first kappa shape index (κ1) is 14.9. The largest absolute Gasteiger partial charge is 0.488 e. The van der Waals surface area contributed by atoms with Crippen LogP contribution in [0.3, 0.4) is 0 Å². The maximum Gasteiger partial charge on any atom is 0.253 e. The van der Waals surface area contributed by atoms with Crippen molar-refractivity contribution >= 4 is 17.5 Å². The molecule has 1 aromatic heterocycles. The van der Waals surface area contributed by atoms with Crippen LogP contribution in [0.5, 0.6) is 5.75 Å². The molecular weight excluding hydrogens is 300 g/mol. The number of nitrogens with zero attached hydrogens (tertiary/aromatic N) is 2. The first-order valence-electron chi connectivity index (χ1n) is 7.34. The molecule has 1 saturated heterocycles. The van der Waals surface area contributed by atoms with E-state index in [0.717, 1.165) is 25.1 Å². The van der Waals surface area contributed by atoms with Crippen LogP contribution in [-0.2, 0) is 0 Å². The molecule has 114 valence electrons. The lowest BCUT2D eigenvalue weighted by molar-refractivity contribution is 0.0538. The molecule has 1 aromatic carbocycles. The van der Waals surface area contributed by atoms with E-state index < -0.39 is 0 Å². The highest BCUT2D eigenvalue weighted by Crippen LogP contribution is 2.20. The second-order valence-corrected chi connectivity index (χ2v) is 5.76. The van der Waals surface area contributed by atoms with Crippen molar-refractivity contribution in [1.29, 1.82) is 0 Å². The van der Waals surface area contributed by atoms with Gasteiger partial charge in [-0.1, -0.05) is 11.6 Å². The van der Waals surface area contributed by atoms with E-state index in [1.54, 1.807) is 36.7 Å². The van der Waals surface area contributed by atoms with E-state index in [0.29, 0.717) is 17.1 Å². The predicted molar refractivity (Wildman–Crippen MR) is 85.2 cm³/mol. The molecule has 1 atom stereocenters. The number of hydrogen-bond acceptors (Lipinski definition) is 3. The molecule has 0 saturated carbocycles. The van der Waals surface area contributed by atoms with Crippen molar-refractivity contribution in [3.8, 4) is 5.75 Å². The monoisotopic (exact) mass is 316 g/mol. The van der Waals surface area contributed by atoms with Gasteiger partial charge < -0.3 is 9.64 Å². The van der Waals surface area contributed by atoms with Gasteiger partial charge in [0.1, 0.15) is 11.9 Å². The number of carbonyl (C=O) groups excluding carboxylic acids is 1. The van der Waals surface area contributed by atoms with Crippen molar-refractivity contribution in [1.82, 2.24) is 9.88 Å². The summed E-state index contributed by atoms with van der Waals surface area (Å²) in [6.07, 6.45) is 5.32. The number of halogens is 1. The van der Waals surface area contributed by atoms with Crippen LogP contribution in [0.15, 0.2) is 48.8 Å². The maximum absolute atomic E-state index is 12.5. The fourth-order valence-electron chi connectivity index (χ4n) is 2.60. The smallest absolute Gasteiger partial charge is 0.253 e. The van der Waals surface area contributed by atoms with Crippen molar-refractivity contribution < 1.29 is 9.53 Å². The third-order valence-electron chi connectivity index (χ3n) is 3.71. The molecule has 1 aliphatic rings. The highest BCUT2D eigenvalue weighted by atomic mass is 35.5. The number of piperidine rings is 1. The van der Waals surface area contributed by atoms with Crippen molar-refractivity contribution in [2.45, 2.75) is 18.9 Å². The molecule has 1 aliphatic heterocycles. The Labute approximate surface area is 134 Å². The molecule has 4 nitrogen and oxygen atoms in total. The molecule has 0 aliphatic carbocycles. The number of ether oxygens (including phenoxy) is 1. The molecule has 0 spiro atoms. The number of amides is 1. The zero-order valence-electron chi connectivity index (χ0n) is 12.1. The Balaban J connectivity index is 1.65. The van der Waals surface area contributed by atoms with Gasteiger partial charge in [-0.05, 0) is 49.2 Å². The van der Waals surface area contributed by atoms with Crippen LogP contribution in [0.2, 0.25) is 5.02 Å². The summed E-state index contributed by atoms with van der Waals surface area (Å²) < 4.78 is 5.94. The lowest BCUT2D eigenvalue weighted by Gasteiger charge is -2.33. The SMILES string of the molecule is O=C(c1ccc(Cl)cc1)N1CCC[C@H](Oc2ccncc2)C1. The van der Waals surface area contributed by atoms with Gasteiger partial charge >= 0.3 is 0 Å². The Morgan fingerprint density at radius 2 is 1.91 bits per heavy atom. The molecule has 0 bridgehead atoms. The number of carbonyl (C=O) groups is 1. The minimum absolute atomic E-state index is 0.0207. The van der Waals surface area contributed by atoms with E-state index in [4.69, 9.17) is 16.3 Å². The molecule has 2 aromatic rings. The summed E-state index contributed by atoms with van der Waals surface area (Å²) in [5, 5.41) is 0.633. The quantitative estimate of drug-likeness (QED) is 0.871. The van der Waals surface area contributed by atoms with Crippen LogP contribution < -0.4 is 4.74 Å². The van der Waals surface area contributed by atoms with Crippen molar-refractivity contribution in [2.24, 2.45) is 0 Å².